The molecule has 5 heteroatoms. The number of rotatable bonds is 7. The highest BCUT2D eigenvalue weighted by molar-refractivity contribution is 9.10. The molecule has 0 unspecified atom stereocenters. The van der Waals surface area contributed by atoms with Gasteiger partial charge in [-0.2, -0.15) is 0 Å². The molecule has 0 radical (unpaired) electrons. The monoisotopic (exact) mass is 469 g/mol. The van der Waals surface area contributed by atoms with Crippen molar-refractivity contribution in [3.05, 3.63) is 70.3 Å². The Labute approximate surface area is 189 Å². The molecule has 0 spiro atoms. The summed E-state index contributed by atoms with van der Waals surface area (Å²) < 4.78 is 6.88. The number of piperidine rings is 1. The molecule has 0 bridgehead atoms. The number of nitrogens with zero attached hydrogens (tertiary/aromatic N) is 2. The zero-order valence-corrected chi connectivity index (χ0v) is 19.4. The second kappa shape index (κ2) is 10.4. The van der Waals surface area contributed by atoms with E-state index in [-0.39, 0.29) is 0 Å². The fourth-order valence-corrected chi connectivity index (χ4v) is 4.78. The summed E-state index contributed by atoms with van der Waals surface area (Å²) in [5.41, 5.74) is 4.02. The van der Waals surface area contributed by atoms with Gasteiger partial charge in [-0.15, -0.1) is 0 Å². The Hall–Kier alpha value is -1.98. The summed E-state index contributed by atoms with van der Waals surface area (Å²) in [6.07, 6.45) is 5.99. The molecule has 0 atom stereocenters. The Balaban J connectivity index is 1.24. The van der Waals surface area contributed by atoms with Crippen molar-refractivity contribution in [1.29, 1.82) is 0 Å². The molecule has 0 aliphatic carbocycles. The SMILES string of the molecule is CCOc1ccc(Br)c(CC2CCN(CC3=CCN(c4ccccc4)CN3)CC2)c1. The van der Waals surface area contributed by atoms with Gasteiger partial charge >= 0.3 is 0 Å². The maximum Gasteiger partial charge on any atom is 0.119 e. The zero-order chi connectivity index (χ0) is 20.8. The van der Waals surface area contributed by atoms with Gasteiger partial charge in [0, 0.05) is 28.9 Å². The Morgan fingerprint density at radius 1 is 1.10 bits per heavy atom. The summed E-state index contributed by atoms with van der Waals surface area (Å²) in [4.78, 5) is 4.96. The molecular formula is C25H32BrN3O. The number of nitrogens with one attached hydrogen (secondary N) is 1. The normalized spacial score (nSPS) is 18.1. The van der Waals surface area contributed by atoms with E-state index in [9.17, 15) is 0 Å². The summed E-state index contributed by atoms with van der Waals surface area (Å²) >= 11 is 3.72. The van der Waals surface area contributed by atoms with Gasteiger partial charge in [-0.05, 0) is 87.2 Å². The topological polar surface area (TPSA) is 27.7 Å². The third-order valence-corrected chi connectivity index (χ3v) is 6.89. The average Bonchev–Trinajstić information content (AvgIpc) is 2.79. The third kappa shape index (κ3) is 5.58. The molecule has 2 aliphatic heterocycles. The maximum atomic E-state index is 5.68. The molecule has 1 N–H and O–H groups in total. The molecule has 4 nitrogen and oxygen atoms in total. The lowest BCUT2D eigenvalue weighted by atomic mass is 9.90. The number of hydrogen-bond acceptors (Lipinski definition) is 4. The van der Waals surface area contributed by atoms with Crippen molar-refractivity contribution in [2.75, 3.05) is 44.4 Å². The minimum Gasteiger partial charge on any atom is -0.494 e. The number of ether oxygens (including phenoxy) is 1. The highest BCUT2D eigenvalue weighted by Crippen LogP contribution is 2.29. The summed E-state index contributed by atoms with van der Waals surface area (Å²) in [5.74, 6) is 1.73. The molecule has 30 heavy (non-hydrogen) atoms. The Morgan fingerprint density at radius 2 is 1.90 bits per heavy atom. The quantitative estimate of drug-likeness (QED) is 0.613. The van der Waals surface area contributed by atoms with Crippen LogP contribution in [0.15, 0.2) is 64.8 Å². The summed E-state index contributed by atoms with van der Waals surface area (Å²) in [5, 5.41) is 3.62. The van der Waals surface area contributed by atoms with Crippen LogP contribution in [0.5, 0.6) is 5.75 Å². The molecule has 0 amide bonds. The Kier molecular flexibility index (Phi) is 7.34. The first-order chi connectivity index (χ1) is 14.7. The first-order valence-corrected chi connectivity index (χ1v) is 11.9. The van der Waals surface area contributed by atoms with Crippen molar-refractivity contribution >= 4 is 21.6 Å². The molecule has 2 aliphatic rings. The maximum absolute atomic E-state index is 5.68. The van der Waals surface area contributed by atoms with E-state index in [1.54, 1.807) is 0 Å². The largest absolute Gasteiger partial charge is 0.494 e. The lowest BCUT2D eigenvalue weighted by molar-refractivity contribution is 0.193. The van der Waals surface area contributed by atoms with Crippen molar-refractivity contribution in [3.63, 3.8) is 0 Å². The minimum atomic E-state index is 0.715. The molecule has 2 aromatic carbocycles. The van der Waals surface area contributed by atoms with E-state index < -0.39 is 0 Å². The minimum absolute atomic E-state index is 0.715. The zero-order valence-electron chi connectivity index (χ0n) is 17.8. The van der Waals surface area contributed by atoms with E-state index in [4.69, 9.17) is 4.74 Å². The van der Waals surface area contributed by atoms with E-state index in [2.05, 4.69) is 79.6 Å². The van der Waals surface area contributed by atoms with Crippen LogP contribution in [-0.4, -0.2) is 44.4 Å². The molecule has 1 saturated heterocycles. The fraction of sp³-hybridized carbons (Fsp3) is 0.440. The number of para-hydroxylation sites is 1. The Bertz CT molecular complexity index is 847. The van der Waals surface area contributed by atoms with Crippen LogP contribution in [-0.2, 0) is 6.42 Å². The van der Waals surface area contributed by atoms with Gasteiger partial charge in [0.1, 0.15) is 5.75 Å². The van der Waals surface area contributed by atoms with Crippen LogP contribution in [0, 0.1) is 5.92 Å². The van der Waals surface area contributed by atoms with E-state index in [0.717, 1.165) is 37.8 Å². The van der Waals surface area contributed by atoms with Gasteiger partial charge in [-0.1, -0.05) is 34.1 Å². The van der Waals surface area contributed by atoms with E-state index >= 15 is 0 Å². The van der Waals surface area contributed by atoms with Gasteiger partial charge in [0.15, 0.2) is 0 Å². The summed E-state index contributed by atoms with van der Waals surface area (Å²) in [6.45, 7) is 8.01. The van der Waals surface area contributed by atoms with Crippen molar-refractivity contribution in [2.45, 2.75) is 26.2 Å². The average molecular weight is 470 g/mol. The molecular weight excluding hydrogens is 438 g/mol. The van der Waals surface area contributed by atoms with Crippen LogP contribution in [0.1, 0.15) is 25.3 Å². The standard InChI is InChI=1S/C25H32BrN3O/c1-2-30-24-8-9-25(26)21(17-24)16-20-10-13-28(14-11-20)18-22-12-15-29(19-27-22)23-6-4-3-5-7-23/h3-9,12,17,20,27H,2,10-11,13-16,18-19H2,1H3. The third-order valence-electron chi connectivity index (χ3n) is 6.11. The highest BCUT2D eigenvalue weighted by Gasteiger charge is 2.22. The molecule has 160 valence electrons. The van der Waals surface area contributed by atoms with Crippen LogP contribution in [0.4, 0.5) is 5.69 Å². The second-order valence-corrected chi connectivity index (χ2v) is 9.09. The number of benzene rings is 2. The van der Waals surface area contributed by atoms with Gasteiger partial charge in [-0.25, -0.2) is 0 Å². The smallest absolute Gasteiger partial charge is 0.119 e. The first-order valence-electron chi connectivity index (χ1n) is 11.1. The van der Waals surface area contributed by atoms with Crippen molar-refractivity contribution < 1.29 is 4.74 Å². The first kappa shape index (κ1) is 21.3. The number of hydrogen-bond donors (Lipinski definition) is 1. The second-order valence-electron chi connectivity index (χ2n) is 8.23. The van der Waals surface area contributed by atoms with Crippen LogP contribution in [0.25, 0.3) is 0 Å². The predicted octanol–water partition coefficient (Wildman–Crippen LogP) is 5.05. The summed E-state index contributed by atoms with van der Waals surface area (Å²) in [6, 6.07) is 17.0. The van der Waals surface area contributed by atoms with E-state index in [1.165, 1.54) is 47.4 Å². The molecule has 0 aromatic heterocycles. The van der Waals surface area contributed by atoms with Crippen molar-refractivity contribution in [1.82, 2.24) is 10.2 Å². The highest BCUT2D eigenvalue weighted by atomic mass is 79.9. The molecule has 4 rings (SSSR count). The number of anilines is 1. The van der Waals surface area contributed by atoms with Gasteiger partial charge in [0.2, 0.25) is 0 Å². The number of likely N-dealkylation sites (tertiary alicyclic amines) is 1. The molecule has 0 saturated carbocycles. The van der Waals surface area contributed by atoms with Crippen LogP contribution in [0.3, 0.4) is 0 Å². The summed E-state index contributed by atoms with van der Waals surface area (Å²) in [7, 11) is 0. The lowest BCUT2D eigenvalue weighted by Gasteiger charge is -2.35. The van der Waals surface area contributed by atoms with Crippen LogP contribution >= 0.6 is 15.9 Å². The van der Waals surface area contributed by atoms with Crippen LogP contribution < -0.4 is 15.0 Å². The van der Waals surface area contributed by atoms with Gasteiger partial charge in [0.25, 0.3) is 0 Å². The van der Waals surface area contributed by atoms with Gasteiger partial charge < -0.3 is 15.0 Å². The molecule has 2 aromatic rings. The fourth-order valence-electron chi connectivity index (χ4n) is 4.37. The lowest BCUT2D eigenvalue weighted by Crippen LogP contribution is -2.43. The van der Waals surface area contributed by atoms with E-state index in [1.807, 2.05) is 13.0 Å². The molecule has 1 fully saturated rings. The van der Waals surface area contributed by atoms with Gasteiger partial charge in [-0.3, -0.25) is 4.90 Å². The van der Waals surface area contributed by atoms with Crippen molar-refractivity contribution in [3.8, 4) is 5.75 Å². The number of halogens is 1. The Morgan fingerprint density at radius 3 is 2.60 bits per heavy atom. The van der Waals surface area contributed by atoms with Gasteiger partial charge in [0.05, 0.1) is 13.3 Å². The van der Waals surface area contributed by atoms with E-state index in [0.29, 0.717) is 6.61 Å². The van der Waals surface area contributed by atoms with Crippen molar-refractivity contribution in [2.24, 2.45) is 5.92 Å². The van der Waals surface area contributed by atoms with Crippen LogP contribution in [0.2, 0.25) is 0 Å². The molecule has 2 heterocycles. The predicted molar refractivity (Wildman–Crippen MR) is 128 cm³/mol.